The topological polar surface area (TPSA) is 4.93 Å². The highest BCUT2D eigenvalue weighted by molar-refractivity contribution is 6.22. The second-order valence-electron chi connectivity index (χ2n) is 10.6. The van der Waals surface area contributed by atoms with E-state index in [0.29, 0.717) is 0 Å². The number of fused-ring (bicyclic) bond motifs is 9. The Bertz CT molecular complexity index is 2020. The third-order valence-electron chi connectivity index (χ3n) is 8.35. The molecule has 0 bridgehead atoms. The van der Waals surface area contributed by atoms with Gasteiger partial charge in [0, 0.05) is 21.9 Å². The van der Waals surface area contributed by atoms with Crippen molar-refractivity contribution < 1.29 is 0 Å². The zero-order valence-electron chi connectivity index (χ0n) is 20.4. The van der Waals surface area contributed by atoms with Crippen LogP contribution in [0.25, 0.3) is 60.2 Å². The largest absolute Gasteiger partial charge is 0.309 e. The van der Waals surface area contributed by atoms with Gasteiger partial charge in [-0.15, -0.1) is 0 Å². The summed E-state index contributed by atoms with van der Waals surface area (Å²) in [5, 5.41) is 7.80. The van der Waals surface area contributed by atoms with Gasteiger partial charge in [0.1, 0.15) is 0 Å². The average molecular weight is 460 g/mol. The lowest BCUT2D eigenvalue weighted by atomic mass is 9.82. The summed E-state index contributed by atoms with van der Waals surface area (Å²) >= 11 is 0. The second-order valence-corrected chi connectivity index (χ2v) is 10.6. The van der Waals surface area contributed by atoms with Crippen molar-refractivity contribution in [3.05, 3.63) is 126 Å². The van der Waals surface area contributed by atoms with Gasteiger partial charge < -0.3 is 4.57 Å². The van der Waals surface area contributed by atoms with Gasteiger partial charge in [-0.2, -0.15) is 0 Å². The van der Waals surface area contributed by atoms with E-state index in [0.717, 1.165) is 0 Å². The fourth-order valence-electron chi connectivity index (χ4n) is 6.58. The summed E-state index contributed by atoms with van der Waals surface area (Å²) in [6.07, 6.45) is 0. The Morgan fingerprint density at radius 3 is 2.17 bits per heavy atom. The monoisotopic (exact) mass is 459 g/mol. The highest BCUT2D eigenvalue weighted by Gasteiger charge is 2.35. The number of para-hydroxylation sites is 1. The van der Waals surface area contributed by atoms with E-state index in [4.69, 9.17) is 0 Å². The van der Waals surface area contributed by atoms with Crippen molar-refractivity contribution in [3.63, 3.8) is 0 Å². The Kier molecular flexibility index (Phi) is 3.79. The molecule has 0 radical (unpaired) electrons. The molecule has 1 aliphatic rings. The third kappa shape index (κ3) is 2.50. The molecule has 1 heterocycles. The van der Waals surface area contributed by atoms with Gasteiger partial charge in [0.15, 0.2) is 0 Å². The van der Waals surface area contributed by atoms with Gasteiger partial charge in [0.25, 0.3) is 0 Å². The van der Waals surface area contributed by atoms with Crippen molar-refractivity contribution in [2.45, 2.75) is 19.3 Å². The Labute approximate surface area is 210 Å². The van der Waals surface area contributed by atoms with E-state index in [1.165, 1.54) is 71.3 Å². The lowest BCUT2D eigenvalue weighted by Crippen LogP contribution is -2.14. The molecule has 0 aliphatic heterocycles. The maximum atomic E-state index is 2.46. The van der Waals surface area contributed by atoms with Crippen molar-refractivity contribution in [1.82, 2.24) is 4.57 Å². The molecule has 170 valence electrons. The van der Waals surface area contributed by atoms with Crippen LogP contribution in [0, 0.1) is 0 Å². The molecule has 0 unspecified atom stereocenters. The van der Waals surface area contributed by atoms with Crippen LogP contribution >= 0.6 is 0 Å². The molecule has 1 aromatic heterocycles. The smallest absolute Gasteiger partial charge is 0.0547 e. The molecule has 1 heteroatoms. The summed E-state index contributed by atoms with van der Waals surface area (Å²) < 4.78 is 2.43. The predicted molar refractivity (Wildman–Crippen MR) is 153 cm³/mol. The third-order valence-corrected chi connectivity index (χ3v) is 8.35. The highest BCUT2D eigenvalue weighted by Crippen LogP contribution is 2.50. The number of nitrogens with zero attached hydrogens (tertiary/aromatic N) is 1. The number of aromatic nitrogens is 1. The van der Waals surface area contributed by atoms with Gasteiger partial charge in [-0.05, 0) is 80.2 Å². The first-order valence-electron chi connectivity index (χ1n) is 12.7. The van der Waals surface area contributed by atoms with Crippen LogP contribution in [0.2, 0.25) is 0 Å². The highest BCUT2D eigenvalue weighted by atomic mass is 15.0. The zero-order chi connectivity index (χ0) is 24.0. The van der Waals surface area contributed by atoms with Crippen molar-refractivity contribution in [3.8, 4) is 16.8 Å². The molecule has 0 spiro atoms. The quantitative estimate of drug-likeness (QED) is 0.230. The van der Waals surface area contributed by atoms with E-state index in [-0.39, 0.29) is 5.41 Å². The number of hydrogen-bond donors (Lipinski definition) is 0. The van der Waals surface area contributed by atoms with Crippen molar-refractivity contribution in [2.24, 2.45) is 0 Å². The van der Waals surface area contributed by atoms with Crippen LogP contribution in [-0.4, -0.2) is 4.57 Å². The van der Waals surface area contributed by atoms with E-state index in [2.05, 4.69) is 134 Å². The minimum atomic E-state index is 0.00810. The molecule has 0 N–H and O–H groups in total. The minimum Gasteiger partial charge on any atom is -0.309 e. The van der Waals surface area contributed by atoms with Crippen LogP contribution in [0.1, 0.15) is 25.0 Å². The molecule has 0 atom stereocenters. The molecule has 0 saturated heterocycles. The van der Waals surface area contributed by atoms with Crippen LogP contribution in [0.5, 0.6) is 0 Å². The molecule has 1 nitrogen and oxygen atoms in total. The van der Waals surface area contributed by atoms with Crippen LogP contribution in [0.15, 0.2) is 115 Å². The molecule has 0 amide bonds. The second kappa shape index (κ2) is 6.86. The van der Waals surface area contributed by atoms with E-state index < -0.39 is 0 Å². The molecule has 6 aromatic carbocycles. The Morgan fingerprint density at radius 2 is 1.25 bits per heavy atom. The first-order chi connectivity index (χ1) is 17.6. The zero-order valence-corrected chi connectivity index (χ0v) is 20.4. The van der Waals surface area contributed by atoms with Gasteiger partial charge >= 0.3 is 0 Å². The van der Waals surface area contributed by atoms with E-state index >= 15 is 0 Å². The number of benzene rings is 6. The lowest BCUT2D eigenvalue weighted by molar-refractivity contribution is 0.661. The van der Waals surface area contributed by atoms with Crippen molar-refractivity contribution >= 4 is 43.4 Å². The van der Waals surface area contributed by atoms with Crippen LogP contribution < -0.4 is 0 Å². The van der Waals surface area contributed by atoms with Crippen LogP contribution in [0.4, 0.5) is 0 Å². The summed E-state index contributed by atoms with van der Waals surface area (Å²) in [4.78, 5) is 0. The predicted octanol–water partition coefficient (Wildman–Crippen LogP) is 9.40. The first-order valence-corrected chi connectivity index (χ1v) is 12.7. The molecule has 0 saturated carbocycles. The van der Waals surface area contributed by atoms with Gasteiger partial charge in [-0.1, -0.05) is 92.7 Å². The van der Waals surface area contributed by atoms with Gasteiger partial charge in [-0.25, -0.2) is 0 Å². The van der Waals surface area contributed by atoms with E-state index in [1.807, 2.05) is 0 Å². The number of hydrogen-bond acceptors (Lipinski definition) is 0. The van der Waals surface area contributed by atoms with E-state index in [9.17, 15) is 0 Å². The van der Waals surface area contributed by atoms with E-state index in [1.54, 1.807) is 0 Å². The van der Waals surface area contributed by atoms with Crippen LogP contribution in [0.3, 0.4) is 0 Å². The minimum absolute atomic E-state index is 0.00810. The maximum Gasteiger partial charge on any atom is 0.0547 e. The van der Waals surface area contributed by atoms with Gasteiger partial charge in [0.2, 0.25) is 0 Å². The summed E-state index contributed by atoms with van der Waals surface area (Å²) in [6, 6.07) is 42.7. The van der Waals surface area contributed by atoms with Gasteiger partial charge in [0.05, 0.1) is 11.0 Å². The molecular weight excluding hydrogens is 434 g/mol. The molecule has 0 fully saturated rings. The summed E-state index contributed by atoms with van der Waals surface area (Å²) in [5.41, 5.74) is 9.30. The molecule has 36 heavy (non-hydrogen) atoms. The van der Waals surface area contributed by atoms with Crippen molar-refractivity contribution in [1.29, 1.82) is 0 Å². The Hall–Kier alpha value is -4.36. The van der Waals surface area contributed by atoms with Crippen molar-refractivity contribution in [2.75, 3.05) is 0 Å². The fourth-order valence-corrected chi connectivity index (χ4v) is 6.58. The Morgan fingerprint density at radius 1 is 0.500 bits per heavy atom. The normalized spacial score (nSPS) is 14.1. The number of rotatable bonds is 1. The summed E-state index contributed by atoms with van der Waals surface area (Å²) in [6.45, 7) is 4.71. The Balaban J connectivity index is 1.50. The fraction of sp³-hybridized carbons (Fsp3) is 0.0857. The molecule has 8 rings (SSSR count). The molecule has 1 aliphatic carbocycles. The standard InChI is InChI=1S/C35H25N/c1-35(2)30-13-7-5-11-26(30)29-21-28-24(20-31(29)35)16-18-33-34(28)27-12-6-8-14-32(27)36(33)25-17-15-22-9-3-4-10-23(22)19-25/h3-21H,1-2H3. The summed E-state index contributed by atoms with van der Waals surface area (Å²) in [5.74, 6) is 0. The first kappa shape index (κ1) is 19.9. The average Bonchev–Trinajstić information content (AvgIpc) is 3.37. The SMILES string of the molecule is CC1(C)c2ccccc2-c2cc3c(ccc4c3c3ccccc3n4-c3ccc4ccccc4c3)cc21. The van der Waals surface area contributed by atoms with Crippen LogP contribution in [-0.2, 0) is 5.41 Å². The van der Waals surface area contributed by atoms with Gasteiger partial charge in [-0.3, -0.25) is 0 Å². The maximum absolute atomic E-state index is 2.46. The molecular formula is C35H25N. The summed E-state index contributed by atoms with van der Waals surface area (Å²) in [7, 11) is 0. The molecule has 7 aromatic rings. The lowest BCUT2D eigenvalue weighted by Gasteiger charge is -2.21.